The lowest BCUT2D eigenvalue weighted by Crippen LogP contribution is -2.45. The molecule has 1 atom stereocenters. The van der Waals surface area contributed by atoms with E-state index in [9.17, 15) is 32.3 Å². The van der Waals surface area contributed by atoms with Crippen LogP contribution in [0.4, 0.5) is 18.0 Å². The molecule has 1 amide bonds. The van der Waals surface area contributed by atoms with Crippen LogP contribution in [-0.2, 0) is 41.0 Å². The highest BCUT2D eigenvalue weighted by molar-refractivity contribution is 5.81. The summed E-state index contributed by atoms with van der Waals surface area (Å²) in [6.45, 7) is 4.95. The number of alkyl halides is 3. The van der Waals surface area contributed by atoms with Gasteiger partial charge in [0.2, 0.25) is 0 Å². The first-order valence-corrected chi connectivity index (χ1v) is 10.1. The number of rotatable bonds is 5. The van der Waals surface area contributed by atoms with Gasteiger partial charge in [-0.25, -0.2) is 14.4 Å². The topological polar surface area (TPSA) is 109 Å². The van der Waals surface area contributed by atoms with Gasteiger partial charge < -0.3 is 14.8 Å². The van der Waals surface area contributed by atoms with Crippen molar-refractivity contribution < 1.29 is 32.2 Å². The summed E-state index contributed by atoms with van der Waals surface area (Å²) in [5.74, 6) is -0.749. The zero-order valence-corrected chi connectivity index (χ0v) is 19.6. The Morgan fingerprint density at radius 1 is 1.03 bits per heavy atom. The van der Waals surface area contributed by atoms with Gasteiger partial charge in [-0.15, -0.1) is 0 Å². The highest BCUT2D eigenvalue weighted by Crippen LogP contribution is 2.34. The molecule has 186 valence electrons. The third-order valence-corrected chi connectivity index (χ3v) is 4.79. The molecule has 1 N–H and O–H groups in total. The maximum atomic E-state index is 13.7. The van der Waals surface area contributed by atoms with Crippen LogP contribution in [0.2, 0.25) is 0 Å². The summed E-state index contributed by atoms with van der Waals surface area (Å²) < 4.78 is 51.9. The van der Waals surface area contributed by atoms with Crippen molar-refractivity contribution in [3.05, 3.63) is 56.4 Å². The van der Waals surface area contributed by atoms with Crippen LogP contribution < -0.4 is 16.6 Å². The predicted octanol–water partition coefficient (Wildman–Crippen LogP) is 2.38. The maximum absolute atomic E-state index is 13.7. The Morgan fingerprint density at radius 2 is 1.59 bits per heavy atom. The van der Waals surface area contributed by atoms with E-state index in [0.29, 0.717) is 14.7 Å². The lowest BCUT2D eigenvalue weighted by atomic mass is 10.00. The van der Waals surface area contributed by atoms with Crippen molar-refractivity contribution >= 4 is 12.1 Å². The molecule has 0 fully saturated rings. The first-order valence-electron chi connectivity index (χ1n) is 10.1. The molecule has 1 aromatic heterocycles. The summed E-state index contributed by atoms with van der Waals surface area (Å²) >= 11 is 0. The molecule has 34 heavy (non-hydrogen) atoms. The van der Waals surface area contributed by atoms with Gasteiger partial charge in [-0.05, 0) is 31.9 Å². The minimum Gasteiger partial charge on any atom is -0.467 e. The molecule has 0 radical (unpaired) electrons. The van der Waals surface area contributed by atoms with E-state index >= 15 is 0 Å². The average Bonchev–Trinajstić information content (AvgIpc) is 2.72. The number of carbonyl (C=O) groups excluding carboxylic acids is 2. The number of nitrogens with zero attached hydrogens (tertiary/aromatic N) is 2. The highest BCUT2D eigenvalue weighted by atomic mass is 19.4. The number of hydrogen-bond acceptors (Lipinski definition) is 6. The Balaban J connectivity index is 2.43. The van der Waals surface area contributed by atoms with E-state index in [1.165, 1.54) is 24.3 Å². The molecule has 0 saturated carbocycles. The van der Waals surface area contributed by atoms with Gasteiger partial charge in [-0.2, -0.15) is 13.2 Å². The van der Waals surface area contributed by atoms with Crippen LogP contribution >= 0.6 is 0 Å². The van der Waals surface area contributed by atoms with Gasteiger partial charge in [0.15, 0.2) is 0 Å². The second-order valence-electron chi connectivity index (χ2n) is 8.55. The predicted molar refractivity (Wildman–Crippen MR) is 116 cm³/mol. The summed E-state index contributed by atoms with van der Waals surface area (Å²) in [4.78, 5) is 48.8. The monoisotopic (exact) mass is 485 g/mol. The Bertz CT molecular complexity index is 1190. The van der Waals surface area contributed by atoms with Gasteiger partial charge in [-0.1, -0.05) is 24.3 Å². The number of carbonyl (C=O) groups is 2. The summed E-state index contributed by atoms with van der Waals surface area (Å²) in [7, 11) is 3.17. The maximum Gasteiger partial charge on any atom is 0.432 e. The number of alkyl carbamates (subject to hydrolysis) is 1. The molecule has 2 aromatic rings. The molecule has 1 heterocycles. The Hall–Kier alpha value is -3.57. The first-order chi connectivity index (χ1) is 15.6. The third-order valence-electron chi connectivity index (χ3n) is 4.79. The number of aromatic nitrogens is 2. The van der Waals surface area contributed by atoms with Crippen LogP contribution in [0.15, 0.2) is 33.9 Å². The first kappa shape index (κ1) is 26.7. The van der Waals surface area contributed by atoms with Gasteiger partial charge in [0.05, 0.1) is 12.7 Å². The van der Waals surface area contributed by atoms with Crippen LogP contribution in [0, 0.1) is 0 Å². The van der Waals surface area contributed by atoms with Crippen molar-refractivity contribution in [3.63, 3.8) is 0 Å². The van der Waals surface area contributed by atoms with E-state index in [1.54, 1.807) is 20.8 Å². The fourth-order valence-electron chi connectivity index (χ4n) is 3.26. The number of ether oxygens (including phenoxy) is 2. The molecule has 0 aliphatic carbocycles. The Kier molecular flexibility index (Phi) is 7.64. The zero-order chi connectivity index (χ0) is 26.0. The van der Waals surface area contributed by atoms with Crippen molar-refractivity contribution in [1.29, 1.82) is 0 Å². The fourth-order valence-corrected chi connectivity index (χ4v) is 3.26. The van der Waals surface area contributed by atoms with Crippen LogP contribution in [0.1, 0.15) is 32.0 Å². The second kappa shape index (κ2) is 9.74. The molecule has 0 spiro atoms. The normalized spacial score (nSPS) is 12.7. The largest absolute Gasteiger partial charge is 0.467 e. The average molecular weight is 485 g/mol. The van der Waals surface area contributed by atoms with Gasteiger partial charge in [-0.3, -0.25) is 13.9 Å². The van der Waals surface area contributed by atoms with Crippen LogP contribution in [0.5, 0.6) is 0 Å². The lowest BCUT2D eigenvalue weighted by Gasteiger charge is -2.22. The summed E-state index contributed by atoms with van der Waals surface area (Å²) in [6.07, 6.45) is -5.85. The number of esters is 1. The van der Waals surface area contributed by atoms with Gasteiger partial charge in [0.25, 0.3) is 5.56 Å². The summed E-state index contributed by atoms with van der Waals surface area (Å²) in [5.41, 5.74) is -4.65. The van der Waals surface area contributed by atoms with E-state index in [1.807, 2.05) is 0 Å². The van der Waals surface area contributed by atoms with Crippen molar-refractivity contribution in [2.24, 2.45) is 14.1 Å². The molecular formula is C22H26F3N3O6. The third kappa shape index (κ3) is 6.06. The number of halogens is 3. The molecule has 1 unspecified atom stereocenters. The fraction of sp³-hybridized carbons (Fsp3) is 0.455. The molecule has 0 saturated heterocycles. The number of methoxy groups -OCH3 is 1. The van der Waals surface area contributed by atoms with Crippen LogP contribution in [-0.4, -0.2) is 39.9 Å². The number of benzene rings is 1. The molecule has 0 bridgehead atoms. The smallest absolute Gasteiger partial charge is 0.432 e. The molecule has 2 rings (SSSR count). The minimum absolute atomic E-state index is 0.0520. The Labute approximate surface area is 193 Å². The van der Waals surface area contributed by atoms with Crippen LogP contribution in [0.3, 0.4) is 0 Å². The SMILES string of the molecule is COC(=O)C(Cc1ccc(-c2c(C(F)(F)F)n(C)c(=O)n(C)c2=O)cc1)NC(=O)OC(C)(C)C. The van der Waals surface area contributed by atoms with Crippen molar-refractivity contribution in [1.82, 2.24) is 14.5 Å². The minimum atomic E-state index is -4.96. The van der Waals surface area contributed by atoms with Gasteiger partial charge in [0.1, 0.15) is 17.3 Å². The van der Waals surface area contributed by atoms with E-state index < -0.39 is 52.4 Å². The zero-order valence-electron chi connectivity index (χ0n) is 19.6. The van der Waals surface area contributed by atoms with Crippen molar-refractivity contribution in [2.45, 2.75) is 45.0 Å². The molecular weight excluding hydrogens is 459 g/mol. The van der Waals surface area contributed by atoms with Gasteiger partial charge >= 0.3 is 23.9 Å². The Morgan fingerprint density at radius 3 is 2.06 bits per heavy atom. The molecule has 12 heteroatoms. The quantitative estimate of drug-likeness (QED) is 0.652. The second-order valence-corrected chi connectivity index (χ2v) is 8.55. The number of hydrogen-bond donors (Lipinski definition) is 1. The molecule has 0 aliphatic rings. The molecule has 0 aliphatic heterocycles. The number of amides is 1. The molecule has 1 aromatic carbocycles. The van der Waals surface area contributed by atoms with Crippen molar-refractivity contribution in [2.75, 3.05) is 7.11 Å². The van der Waals surface area contributed by atoms with Crippen LogP contribution in [0.25, 0.3) is 11.1 Å². The lowest BCUT2D eigenvalue weighted by molar-refractivity contribution is -0.144. The van der Waals surface area contributed by atoms with E-state index in [2.05, 4.69) is 5.32 Å². The summed E-state index contributed by atoms with van der Waals surface area (Å²) in [5, 5.41) is 2.40. The van der Waals surface area contributed by atoms with Crippen molar-refractivity contribution in [3.8, 4) is 11.1 Å². The van der Waals surface area contributed by atoms with E-state index in [-0.39, 0.29) is 12.0 Å². The van der Waals surface area contributed by atoms with E-state index in [0.717, 1.165) is 21.2 Å². The number of nitrogens with one attached hydrogen (secondary N) is 1. The van der Waals surface area contributed by atoms with E-state index in [4.69, 9.17) is 9.47 Å². The standard InChI is InChI=1S/C22H26F3N3O6/c1-21(2,3)34-19(31)26-14(18(30)33-6)11-12-7-9-13(10-8-12)15-16(22(23,24)25)27(4)20(32)28(5)17(15)29/h7-10,14H,11H2,1-6H3,(H,26,31). The molecule has 9 nitrogen and oxygen atoms in total. The summed E-state index contributed by atoms with van der Waals surface area (Å²) in [6, 6.07) is 4.24. The van der Waals surface area contributed by atoms with Gasteiger partial charge in [0, 0.05) is 20.5 Å². The highest BCUT2D eigenvalue weighted by Gasteiger charge is 2.39.